The maximum Gasteiger partial charge on any atom is 0.151 e. The van der Waals surface area contributed by atoms with E-state index in [9.17, 15) is 0 Å². The molecule has 1 heterocycles. The number of aliphatic hydroxyl groups is 2. The first kappa shape index (κ1) is 20.9. The molecule has 0 radical (unpaired) electrons. The second-order valence-corrected chi connectivity index (χ2v) is 8.40. The molecular weight excluding hydrogens is 286 g/mol. The molecule has 0 bridgehead atoms. The summed E-state index contributed by atoms with van der Waals surface area (Å²) in [6, 6.07) is 0. The lowest BCUT2D eigenvalue weighted by Gasteiger charge is -2.26. The molecular formula is C20H41NO2. The second kappa shape index (κ2) is 12.3. The molecule has 0 aromatic carbocycles. The zero-order chi connectivity index (χ0) is 17.1. The number of rotatable bonds is 10. The van der Waals surface area contributed by atoms with Crippen molar-refractivity contribution in [2.45, 2.75) is 91.3 Å². The number of nitrogens with one attached hydrogen (secondary N) is 1. The van der Waals surface area contributed by atoms with Crippen molar-refractivity contribution < 1.29 is 10.2 Å². The third kappa shape index (κ3) is 11.1. The highest BCUT2D eigenvalue weighted by molar-refractivity contribution is 4.72. The predicted molar refractivity (Wildman–Crippen MR) is 98.2 cm³/mol. The SMILES string of the molecule is CC(C)CCCC(C)CCCC1CCCC(CC(O)O)CNC1. The Balaban J connectivity index is 2.09. The largest absolute Gasteiger partial charge is 0.368 e. The van der Waals surface area contributed by atoms with Gasteiger partial charge in [-0.1, -0.05) is 59.3 Å². The third-order valence-electron chi connectivity index (χ3n) is 5.42. The minimum Gasteiger partial charge on any atom is -0.368 e. The molecule has 3 atom stereocenters. The van der Waals surface area contributed by atoms with Gasteiger partial charge in [0.25, 0.3) is 0 Å². The normalized spacial score (nSPS) is 24.7. The molecule has 1 aliphatic rings. The van der Waals surface area contributed by atoms with Gasteiger partial charge in [0.05, 0.1) is 0 Å². The minimum atomic E-state index is -1.14. The molecule has 1 fully saturated rings. The van der Waals surface area contributed by atoms with Crippen molar-refractivity contribution in [3.63, 3.8) is 0 Å². The van der Waals surface area contributed by atoms with Crippen molar-refractivity contribution in [3.8, 4) is 0 Å². The Morgan fingerprint density at radius 1 is 0.913 bits per heavy atom. The number of hydrogen-bond acceptors (Lipinski definition) is 3. The first-order valence-corrected chi connectivity index (χ1v) is 10.0. The summed E-state index contributed by atoms with van der Waals surface area (Å²) in [5.74, 6) is 2.97. The lowest BCUT2D eigenvalue weighted by atomic mass is 9.87. The van der Waals surface area contributed by atoms with E-state index in [-0.39, 0.29) is 0 Å². The molecule has 3 nitrogen and oxygen atoms in total. The van der Waals surface area contributed by atoms with E-state index in [2.05, 4.69) is 26.1 Å². The van der Waals surface area contributed by atoms with Gasteiger partial charge in [0.2, 0.25) is 0 Å². The van der Waals surface area contributed by atoms with E-state index < -0.39 is 6.29 Å². The molecule has 3 N–H and O–H groups in total. The molecule has 1 saturated heterocycles. The summed E-state index contributed by atoms with van der Waals surface area (Å²) in [6.45, 7) is 9.11. The van der Waals surface area contributed by atoms with E-state index in [0.29, 0.717) is 12.3 Å². The van der Waals surface area contributed by atoms with Crippen molar-refractivity contribution in [2.75, 3.05) is 13.1 Å². The maximum absolute atomic E-state index is 9.11. The van der Waals surface area contributed by atoms with Crippen LogP contribution in [0.2, 0.25) is 0 Å². The highest BCUT2D eigenvalue weighted by Gasteiger charge is 2.18. The Bertz CT molecular complexity index is 271. The molecule has 0 amide bonds. The molecule has 0 aliphatic carbocycles. The summed E-state index contributed by atoms with van der Waals surface area (Å²) >= 11 is 0. The van der Waals surface area contributed by atoms with Crippen LogP contribution < -0.4 is 5.32 Å². The van der Waals surface area contributed by atoms with Crippen LogP contribution >= 0.6 is 0 Å². The summed E-state index contributed by atoms with van der Waals surface area (Å²) in [7, 11) is 0. The first-order chi connectivity index (χ1) is 11.0. The quantitative estimate of drug-likeness (QED) is 0.524. The molecule has 1 aliphatic heterocycles. The van der Waals surface area contributed by atoms with Crippen LogP contribution in [0, 0.1) is 23.7 Å². The predicted octanol–water partition coefficient (Wildman–Crippen LogP) is 4.33. The van der Waals surface area contributed by atoms with Crippen molar-refractivity contribution in [1.82, 2.24) is 5.32 Å². The van der Waals surface area contributed by atoms with E-state index in [0.717, 1.165) is 37.3 Å². The van der Waals surface area contributed by atoms with Crippen molar-refractivity contribution in [1.29, 1.82) is 0 Å². The lowest BCUT2D eigenvalue weighted by Crippen LogP contribution is -2.32. The zero-order valence-corrected chi connectivity index (χ0v) is 15.8. The fraction of sp³-hybridized carbons (Fsp3) is 1.00. The van der Waals surface area contributed by atoms with Crippen molar-refractivity contribution in [2.24, 2.45) is 23.7 Å². The zero-order valence-electron chi connectivity index (χ0n) is 15.8. The van der Waals surface area contributed by atoms with E-state index >= 15 is 0 Å². The molecule has 1 rings (SSSR count). The second-order valence-electron chi connectivity index (χ2n) is 8.40. The standard InChI is InChI=1S/C20H41NO2/c1-16(2)7-4-8-17(3)9-5-10-18-11-6-12-19(13-20(22)23)15-21-14-18/h16-23H,4-15H2,1-3H3. The van der Waals surface area contributed by atoms with E-state index in [1.807, 2.05) is 0 Å². The Hall–Kier alpha value is -0.120. The Labute approximate surface area is 144 Å². The summed E-state index contributed by atoms with van der Waals surface area (Å²) in [5, 5.41) is 21.8. The molecule has 0 aromatic rings. The van der Waals surface area contributed by atoms with Gasteiger partial charge in [-0.3, -0.25) is 0 Å². The van der Waals surface area contributed by atoms with Crippen molar-refractivity contribution in [3.05, 3.63) is 0 Å². The average Bonchev–Trinajstić information content (AvgIpc) is 2.42. The van der Waals surface area contributed by atoms with Crippen LogP contribution in [0.15, 0.2) is 0 Å². The van der Waals surface area contributed by atoms with Crippen molar-refractivity contribution >= 4 is 0 Å². The van der Waals surface area contributed by atoms with Crippen LogP contribution in [0.25, 0.3) is 0 Å². The molecule has 23 heavy (non-hydrogen) atoms. The summed E-state index contributed by atoms with van der Waals surface area (Å²) in [5.41, 5.74) is 0. The minimum absolute atomic E-state index is 0.428. The maximum atomic E-state index is 9.11. The fourth-order valence-electron chi connectivity index (χ4n) is 3.91. The van der Waals surface area contributed by atoms with Crippen LogP contribution in [0.5, 0.6) is 0 Å². The number of aliphatic hydroxyl groups excluding tert-OH is 1. The Morgan fingerprint density at radius 3 is 2.26 bits per heavy atom. The van der Waals surface area contributed by atoms with E-state index in [4.69, 9.17) is 10.2 Å². The van der Waals surface area contributed by atoms with Crippen LogP contribution in [0.3, 0.4) is 0 Å². The van der Waals surface area contributed by atoms with Gasteiger partial charge in [-0.15, -0.1) is 0 Å². The average molecular weight is 328 g/mol. The Kier molecular flexibility index (Phi) is 11.2. The molecule has 138 valence electrons. The molecule has 0 spiro atoms. The topological polar surface area (TPSA) is 52.5 Å². The highest BCUT2D eigenvalue weighted by atomic mass is 16.5. The Morgan fingerprint density at radius 2 is 1.57 bits per heavy atom. The fourth-order valence-corrected chi connectivity index (χ4v) is 3.91. The highest BCUT2D eigenvalue weighted by Crippen LogP contribution is 2.24. The van der Waals surface area contributed by atoms with Gasteiger partial charge in [-0.25, -0.2) is 0 Å². The number of hydrogen-bond donors (Lipinski definition) is 3. The molecule has 0 saturated carbocycles. The van der Waals surface area contributed by atoms with Gasteiger partial charge >= 0.3 is 0 Å². The monoisotopic (exact) mass is 327 g/mol. The first-order valence-electron chi connectivity index (χ1n) is 10.0. The van der Waals surface area contributed by atoms with E-state index in [1.165, 1.54) is 51.4 Å². The lowest BCUT2D eigenvalue weighted by molar-refractivity contribution is -0.0570. The molecule has 3 heteroatoms. The molecule has 3 unspecified atom stereocenters. The summed E-state index contributed by atoms with van der Waals surface area (Å²) in [4.78, 5) is 0. The van der Waals surface area contributed by atoms with E-state index in [1.54, 1.807) is 0 Å². The van der Waals surface area contributed by atoms with Crippen LogP contribution in [-0.2, 0) is 0 Å². The van der Waals surface area contributed by atoms with Gasteiger partial charge in [-0.05, 0) is 56.0 Å². The third-order valence-corrected chi connectivity index (χ3v) is 5.42. The van der Waals surface area contributed by atoms with Crippen LogP contribution in [0.4, 0.5) is 0 Å². The van der Waals surface area contributed by atoms with Gasteiger partial charge in [-0.2, -0.15) is 0 Å². The van der Waals surface area contributed by atoms with Crippen LogP contribution in [0.1, 0.15) is 85.0 Å². The van der Waals surface area contributed by atoms with Crippen LogP contribution in [-0.4, -0.2) is 29.6 Å². The summed E-state index contributed by atoms with van der Waals surface area (Å²) in [6.07, 6.45) is 11.3. The molecule has 0 aromatic heterocycles. The smallest absolute Gasteiger partial charge is 0.151 e. The van der Waals surface area contributed by atoms with Gasteiger partial charge in [0, 0.05) is 6.42 Å². The van der Waals surface area contributed by atoms with Gasteiger partial charge in [0.1, 0.15) is 0 Å². The van der Waals surface area contributed by atoms with Gasteiger partial charge < -0.3 is 15.5 Å². The van der Waals surface area contributed by atoms with Gasteiger partial charge in [0.15, 0.2) is 6.29 Å². The summed E-state index contributed by atoms with van der Waals surface area (Å²) < 4.78 is 0.